The Labute approximate surface area is 139 Å². The molecule has 1 aromatic rings. The van der Waals surface area contributed by atoms with Crippen LogP contribution in [-0.2, 0) is 19.6 Å². The Bertz CT molecular complexity index is 677. The quantitative estimate of drug-likeness (QED) is 0.794. The van der Waals surface area contributed by atoms with Gasteiger partial charge in [-0.05, 0) is 18.2 Å². The summed E-state index contributed by atoms with van der Waals surface area (Å²) in [6.45, 7) is 1.93. The number of anilines is 1. The van der Waals surface area contributed by atoms with Gasteiger partial charge in [0.25, 0.3) is 0 Å². The Morgan fingerprint density at radius 1 is 1.39 bits per heavy atom. The van der Waals surface area contributed by atoms with Gasteiger partial charge in [-0.25, -0.2) is 12.8 Å². The van der Waals surface area contributed by atoms with E-state index in [0.717, 1.165) is 16.6 Å². The smallest absolute Gasteiger partial charge is 0.232 e. The molecule has 0 bridgehead atoms. The monoisotopic (exact) mass is 364 g/mol. The van der Waals surface area contributed by atoms with Gasteiger partial charge < -0.3 is 9.64 Å². The molecule has 1 heterocycles. The van der Waals surface area contributed by atoms with E-state index in [1.807, 2.05) is 0 Å². The molecule has 0 saturated carbocycles. The number of amides is 1. The fourth-order valence-corrected chi connectivity index (χ4v) is 3.39. The SMILES string of the molecule is CS(=O)(=O)N(CCC(=O)N1CCOCC1)c1ccc(F)c(Cl)c1. The van der Waals surface area contributed by atoms with E-state index in [-0.39, 0.29) is 29.6 Å². The first-order valence-electron chi connectivity index (χ1n) is 7.07. The summed E-state index contributed by atoms with van der Waals surface area (Å²) in [6, 6.07) is 3.65. The van der Waals surface area contributed by atoms with Gasteiger partial charge in [0, 0.05) is 26.1 Å². The first-order valence-corrected chi connectivity index (χ1v) is 9.30. The first-order chi connectivity index (χ1) is 10.8. The van der Waals surface area contributed by atoms with E-state index in [0.29, 0.717) is 26.3 Å². The van der Waals surface area contributed by atoms with Crippen LogP contribution >= 0.6 is 11.6 Å². The molecule has 0 atom stereocenters. The summed E-state index contributed by atoms with van der Waals surface area (Å²) >= 11 is 5.71. The highest BCUT2D eigenvalue weighted by atomic mass is 35.5. The Hall–Kier alpha value is -1.38. The van der Waals surface area contributed by atoms with E-state index in [1.165, 1.54) is 12.1 Å². The fraction of sp³-hybridized carbons (Fsp3) is 0.500. The Balaban J connectivity index is 2.10. The summed E-state index contributed by atoms with van der Waals surface area (Å²) in [5.41, 5.74) is 0.230. The zero-order chi connectivity index (χ0) is 17.0. The van der Waals surface area contributed by atoms with Crippen LogP contribution < -0.4 is 4.31 Å². The van der Waals surface area contributed by atoms with Crippen LogP contribution in [0, 0.1) is 5.82 Å². The topological polar surface area (TPSA) is 66.9 Å². The first kappa shape index (κ1) is 18.0. The summed E-state index contributed by atoms with van der Waals surface area (Å²) in [7, 11) is -3.62. The van der Waals surface area contributed by atoms with E-state index >= 15 is 0 Å². The number of morpholine rings is 1. The molecule has 128 valence electrons. The largest absolute Gasteiger partial charge is 0.378 e. The van der Waals surface area contributed by atoms with Gasteiger partial charge >= 0.3 is 0 Å². The van der Waals surface area contributed by atoms with Crippen LogP contribution in [-0.4, -0.2) is 58.3 Å². The van der Waals surface area contributed by atoms with Gasteiger partial charge in [0.2, 0.25) is 15.9 Å². The number of sulfonamides is 1. The number of nitrogens with zero attached hydrogens (tertiary/aromatic N) is 2. The average Bonchev–Trinajstić information content (AvgIpc) is 2.50. The number of ether oxygens (including phenoxy) is 1. The highest BCUT2D eigenvalue weighted by Crippen LogP contribution is 2.24. The molecule has 1 amide bonds. The second kappa shape index (κ2) is 7.46. The normalized spacial score (nSPS) is 15.5. The third-order valence-electron chi connectivity index (χ3n) is 3.48. The predicted octanol–water partition coefficient (Wildman–Crippen LogP) is 1.49. The minimum absolute atomic E-state index is 0.0298. The Kier molecular flexibility index (Phi) is 5.83. The minimum Gasteiger partial charge on any atom is -0.378 e. The second-order valence-electron chi connectivity index (χ2n) is 5.18. The highest BCUT2D eigenvalue weighted by molar-refractivity contribution is 7.92. The average molecular weight is 365 g/mol. The van der Waals surface area contributed by atoms with Crippen LogP contribution in [0.3, 0.4) is 0 Å². The second-order valence-corrected chi connectivity index (χ2v) is 7.49. The summed E-state index contributed by atoms with van der Waals surface area (Å²) < 4.78 is 43.4. The summed E-state index contributed by atoms with van der Waals surface area (Å²) in [6.07, 6.45) is 1.06. The number of rotatable bonds is 5. The van der Waals surface area contributed by atoms with Crippen molar-refractivity contribution >= 4 is 33.2 Å². The van der Waals surface area contributed by atoms with E-state index < -0.39 is 15.8 Å². The maximum atomic E-state index is 13.2. The summed E-state index contributed by atoms with van der Waals surface area (Å²) in [4.78, 5) is 13.8. The van der Waals surface area contributed by atoms with Crippen molar-refractivity contribution in [1.29, 1.82) is 0 Å². The molecule has 1 fully saturated rings. The molecule has 0 aliphatic carbocycles. The third kappa shape index (κ3) is 4.79. The lowest BCUT2D eigenvalue weighted by molar-refractivity contribution is -0.134. The zero-order valence-electron chi connectivity index (χ0n) is 12.7. The summed E-state index contributed by atoms with van der Waals surface area (Å²) in [5.74, 6) is -0.775. The number of halogens is 2. The minimum atomic E-state index is -3.62. The number of hydrogen-bond acceptors (Lipinski definition) is 4. The molecule has 0 unspecified atom stereocenters. The number of carbonyl (C=O) groups is 1. The molecule has 0 spiro atoms. The van der Waals surface area contributed by atoms with E-state index in [9.17, 15) is 17.6 Å². The van der Waals surface area contributed by atoms with Crippen molar-refractivity contribution < 1.29 is 22.3 Å². The summed E-state index contributed by atoms with van der Waals surface area (Å²) in [5, 5.41) is -0.171. The molecule has 0 radical (unpaired) electrons. The lowest BCUT2D eigenvalue weighted by Crippen LogP contribution is -2.42. The predicted molar refractivity (Wildman–Crippen MR) is 85.6 cm³/mol. The zero-order valence-corrected chi connectivity index (χ0v) is 14.2. The van der Waals surface area contributed by atoms with Crippen LogP contribution in [0.25, 0.3) is 0 Å². The molecule has 0 aromatic heterocycles. The lowest BCUT2D eigenvalue weighted by Gasteiger charge is -2.28. The van der Waals surface area contributed by atoms with Crippen molar-refractivity contribution in [1.82, 2.24) is 4.90 Å². The Morgan fingerprint density at radius 3 is 2.61 bits per heavy atom. The van der Waals surface area contributed by atoms with Crippen LogP contribution in [0.5, 0.6) is 0 Å². The van der Waals surface area contributed by atoms with Gasteiger partial charge in [-0.15, -0.1) is 0 Å². The van der Waals surface area contributed by atoms with E-state index in [1.54, 1.807) is 4.90 Å². The molecule has 2 rings (SSSR count). The molecule has 1 aromatic carbocycles. The van der Waals surface area contributed by atoms with Crippen molar-refractivity contribution in [3.63, 3.8) is 0 Å². The Morgan fingerprint density at radius 2 is 2.04 bits per heavy atom. The highest BCUT2D eigenvalue weighted by Gasteiger charge is 2.22. The van der Waals surface area contributed by atoms with Gasteiger partial charge in [-0.3, -0.25) is 9.10 Å². The molecular weight excluding hydrogens is 347 g/mol. The van der Waals surface area contributed by atoms with Crippen molar-refractivity contribution in [2.75, 3.05) is 43.4 Å². The lowest BCUT2D eigenvalue weighted by atomic mass is 10.3. The number of hydrogen-bond donors (Lipinski definition) is 0. The van der Waals surface area contributed by atoms with Gasteiger partial charge in [0.1, 0.15) is 5.82 Å². The van der Waals surface area contributed by atoms with Crippen LogP contribution in [0.4, 0.5) is 10.1 Å². The van der Waals surface area contributed by atoms with Crippen molar-refractivity contribution in [3.8, 4) is 0 Å². The molecule has 0 N–H and O–H groups in total. The third-order valence-corrected chi connectivity index (χ3v) is 4.97. The molecule has 6 nitrogen and oxygen atoms in total. The van der Waals surface area contributed by atoms with Crippen molar-refractivity contribution in [2.45, 2.75) is 6.42 Å². The molecule has 1 aliphatic rings. The maximum absolute atomic E-state index is 13.2. The van der Waals surface area contributed by atoms with Crippen molar-refractivity contribution in [3.05, 3.63) is 29.0 Å². The van der Waals surface area contributed by atoms with E-state index in [4.69, 9.17) is 16.3 Å². The molecule has 9 heteroatoms. The maximum Gasteiger partial charge on any atom is 0.232 e. The molecule has 1 aliphatic heterocycles. The van der Waals surface area contributed by atoms with Gasteiger partial charge in [0.05, 0.1) is 30.2 Å². The van der Waals surface area contributed by atoms with Gasteiger partial charge in [-0.2, -0.15) is 0 Å². The molecule has 23 heavy (non-hydrogen) atoms. The van der Waals surface area contributed by atoms with Crippen LogP contribution in [0.2, 0.25) is 5.02 Å². The van der Waals surface area contributed by atoms with E-state index in [2.05, 4.69) is 0 Å². The standard InChI is InChI=1S/C14H18ClFN2O4S/c1-23(20,21)18(11-2-3-13(16)12(15)10-11)5-4-14(19)17-6-8-22-9-7-17/h2-3,10H,4-9H2,1H3. The number of benzene rings is 1. The molecular formula is C14H18ClFN2O4S. The van der Waals surface area contributed by atoms with Crippen molar-refractivity contribution in [2.24, 2.45) is 0 Å². The van der Waals surface area contributed by atoms with Crippen LogP contribution in [0.1, 0.15) is 6.42 Å². The molecule has 1 saturated heterocycles. The number of carbonyl (C=O) groups excluding carboxylic acids is 1. The van der Waals surface area contributed by atoms with Gasteiger partial charge in [0.15, 0.2) is 0 Å². The van der Waals surface area contributed by atoms with Crippen LogP contribution in [0.15, 0.2) is 18.2 Å². The van der Waals surface area contributed by atoms with Gasteiger partial charge in [-0.1, -0.05) is 11.6 Å². The fourth-order valence-electron chi connectivity index (χ4n) is 2.29.